The molecule has 1 aliphatic rings. The van der Waals surface area contributed by atoms with Crippen molar-refractivity contribution in [1.29, 1.82) is 0 Å². The average molecular weight is 386 g/mol. The minimum absolute atomic E-state index is 0.0720. The molecular formula is C23H30O5. The van der Waals surface area contributed by atoms with E-state index in [0.717, 1.165) is 11.1 Å². The van der Waals surface area contributed by atoms with E-state index in [9.17, 15) is 5.11 Å². The van der Waals surface area contributed by atoms with Gasteiger partial charge in [-0.25, -0.2) is 0 Å². The highest BCUT2D eigenvalue weighted by Gasteiger charge is 2.53. The largest absolute Gasteiger partial charge is 0.394 e. The molecule has 1 saturated heterocycles. The summed E-state index contributed by atoms with van der Waals surface area (Å²) in [4.78, 5) is 0. The Morgan fingerprint density at radius 2 is 1.54 bits per heavy atom. The summed E-state index contributed by atoms with van der Waals surface area (Å²) in [6, 6.07) is 20.0. The fraction of sp³-hybridized carbons (Fsp3) is 0.478. The van der Waals surface area contributed by atoms with Crippen LogP contribution in [-0.2, 0) is 32.2 Å². The highest BCUT2D eigenvalue weighted by atomic mass is 16.7. The van der Waals surface area contributed by atoms with Crippen LogP contribution in [0.5, 0.6) is 0 Å². The number of aliphatic hydroxyl groups is 1. The molecule has 0 amide bonds. The van der Waals surface area contributed by atoms with Crippen molar-refractivity contribution >= 4 is 0 Å². The fourth-order valence-electron chi connectivity index (χ4n) is 3.83. The molecule has 1 heterocycles. The van der Waals surface area contributed by atoms with Crippen molar-refractivity contribution in [2.75, 3.05) is 13.7 Å². The molecule has 0 radical (unpaired) electrons. The molecule has 0 aliphatic carbocycles. The Morgan fingerprint density at radius 1 is 0.964 bits per heavy atom. The summed E-state index contributed by atoms with van der Waals surface area (Å²) in [5.41, 5.74) is 1.32. The monoisotopic (exact) mass is 386 g/mol. The smallest absolute Gasteiger partial charge is 0.162 e. The van der Waals surface area contributed by atoms with Crippen molar-refractivity contribution in [2.45, 2.75) is 51.2 Å². The van der Waals surface area contributed by atoms with Gasteiger partial charge in [0.1, 0.15) is 11.7 Å². The van der Waals surface area contributed by atoms with Crippen molar-refractivity contribution in [1.82, 2.24) is 0 Å². The second-order valence-corrected chi connectivity index (χ2v) is 7.45. The van der Waals surface area contributed by atoms with E-state index in [1.165, 1.54) is 0 Å². The zero-order valence-electron chi connectivity index (χ0n) is 16.8. The molecule has 1 N–H and O–H groups in total. The van der Waals surface area contributed by atoms with Crippen LogP contribution < -0.4 is 0 Å². The average Bonchev–Trinajstić information content (AvgIpc) is 2.74. The van der Waals surface area contributed by atoms with Crippen LogP contribution in [0.2, 0.25) is 0 Å². The maximum atomic E-state index is 10.0. The molecule has 0 bridgehead atoms. The number of aliphatic hydroxyl groups excluding tert-OH is 1. The summed E-state index contributed by atoms with van der Waals surface area (Å²) in [7, 11) is 1.61. The first-order valence-electron chi connectivity index (χ1n) is 9.71. The van der Waals surface area contributed by atoms with Crippen molar-refractivity contribution in [3.05, 3.63) is 71.8 Å². The molecule has 0 aromatic heterocycles. The lowest BCUT2D eigenvalue weighted by molar-refractivity contribution is -0.327. The predicted molar refractivity (Wildman–Crippen MR) is 107 cm³/mol. The van der Waals surface area contributed by atoms with Crippen molar-refractivity contribution < 1.29 is 24.1 Å². The van der Waals surface area contributed by atoms with Crippen LogP contribution in [0.3, 0.4) is 0 Å². The van der Waals surface area contributed by atoms with E-state index in [0.29, 0.717) is 13.2 Å². The topological polar surface area (TPSA) is 57.2 Å². The SMILES string of the molecule is CO[C@H]1O[C@H](CO)[C@@](C)(OCc2ccccc2)[C@H](OCc2ccccc2)[C@H]1C. The molecule has 1 aliphatic heterocycles. The lowest BCUT2D eigenvalue weighted by Crippen LogP contribution is -2.64. The van der Waals surface area contributed by atoms with Crippen LogP contribution in [0, 0.1) is 5.92 Å². The van der Waals surface area contributed by atoms with Crippen LogP contribution in [0.1, 0.15) is 25.0 Å². The number of benzene rings is 2. The lowest BCUT2D eigenvalue weighted by Gasteiger charge is -2.51. The summed E-state index contributed by atoms with van der Waals surface area (Å²) in [6.07, 6.45) is -1.34. The molecule has 5 nitrogen and oxygen atoms in total. The number of ether oxygens (including phenoxy) is 4. The molecule has 152 valence electrons. The first-order valence-corrected chi connectivity index (χ1v) is 9.71. The first-order chi connectivity index (χ1) is 13.6. The van der Waals surface area contributed by atoms with Gasteiger partial charge in [-0.1, -0.05) is 67.6 Å². The van der Waals surface area contributed by atoms with E-state index < -0.39 is 18.0 Å². The standard InChI is InChI=1S/C23H30O5/c1-17-21(26-15-18-10-6-4-7-11-18)23(2,20(14-24)28-22(17)25-3)27-16-19-12-8-5-9-13-19/h4-13,17,20-22,24H,14-16H2,1-3H3/t17-,20-,21-,22+,23-/m1/s1. The summed E-state index contributed by atoms with van der Waals surface area (Å²) >= 11 is 0. The van der Waals surface area contributed by atoms with E-state index >= 15 is 0 Å². The molecule has 5 heteroatoms. The highest BCUT2D eigenvalue weighted by molar-refractivity contribution is 5.15. The zero-order chi connectivity index (χ0) is 20.0. The van der Waals surface area contributed by atoms with Crippen molar-refractivity contribution in [2.24, 2.45) is 5.92 Å². The molecule has 3 rings (SSSR count). The minimum atomic E-state index is -0.826. The summed E-state index contributed by atoms with van der Waals surface area (Å²) in [5, 5.41) is 10.0. The van der Waals surface area contributed by atoms with Crippen molar-refractivity contribution in [3.8, 4) is 0 Å². The van der Waals surface area contributed by atoms with Crippen LogP contribution in [0.25, 0.3) is 0 Å². The maximum Gasteiger partial charge on any atom is 0.162 e. The second kappa shape index (κ2) is 9.63. The highest BCUT2D eigenvalue weighted by Crippen LogP contribution is 2.39. The van der Waals surface area contributed by atoms with Crippen LogP contribution >= 0.6 is 0 Å². The van der Waals surface area contributed by atoms with Gasteiger partial charge < -0.3 is 24.1 Å². The molecular weight excluding hydrogens is 356 g/mol. The van der Waals surface area contributed by atoms with E-state index in [-0.39, 0.29) is 18.6 Å². The van der Waals surface area contributed by atoms with E-state index in [4.69, 9.17) is 18.9 Å². The molecule has 0 saturated carbocycles. The Labute approximate surface area is 167 Å². The summed E-state index contributed by atoms with van der Waals surface area (Å²) < 4.78 is 24.2. The molecule has 2 aromatic rings. The van der Waals surface area contributed by atoms with Gasteiger partial charge in [-0.05, 0) is 18.1 Å². The Kier molecular flexibility index (Phi) is 7.21. The van der Waals surface area contributed by atoms with Crippen LogP contribution in [0.15, 0.2) is 60.7 Å². The quantitative estimate of drug-likeness (QED) is 0.752. The van der Waals surface area contributed by atoms with Gasteiger partial charge in [0.2, 0.25) is 0 Å². The van der Waals surface area contributed by atoms with Gasteiger partial charge in [0.05, 0.1) is 25.9 Å². The van der Waals surface area contributed by atoms with Crippen LogP contribution in [0.4, 0.5) is 0 Å². The third-order valence-corrected chi connectivity index (χ3v) is 5.47. The van der Waals surface area contributed by atoms with Gasteiger partial charge in [-0.3, -0.25) is 0 Å². The minimum Gasteiger partial charge on any atom is -0.394 e. The van der Waals surface area contributed by atoms with Gasteiger partial charge >= 0.3 is 0 Å². The third-order valence-electron chi connectivity index (χ3n) is 5.47. The number of hydrogen-bond donors (Lipinski definition) is 1. The summed E-state index contributed by atoms with van der Waals surface area (Å²) in [5.74, 6) is -0.0720. The van der Waals surface area contributed by atoms with Gasteiger partial charge in [0, 0.05) is 13.0 Å². The van der Waals surface area contributed by atoms with Crippen molar-refractivity contribution in [3.63, 3.8) is 0 Å². The molecule has 28 heavy (non-hydrogen) atoms. The Morgan fingerprint density at radius 3 is 2.07 bits per heavy atom. The van der Waals surface area contributed by atoms with Gasteiger partial charge in [-0.15, -0.1) is 0 Å². The van der Waals surface area contributed by atoms with Gasteiger partial charge in [0.15, 0.2) is 6.29 Å². The third kappa shape index (κ3) is 4.62. The van der Waals surface area contributed by atoms with Crippen LogP contribution in [-0.4, -0.2) is 42.9 Å². The number of methoxy groups -OCH3 is 1. The predicted octanol–water partition coefficient (Wildman–Crippen LogP) is 3.55. The Balaban J connectivity index is 1.81. The molecule has 0 unspecified atom stereocenters. The molecule has 5 atom stereocenters. The number of hydrogen-bond acceptors (Lipinski definition) is 5. The molecule has 2 aromatic carbocycles. The van der Waals surface area contributed by atoms with E-state index in [1.807, 2.05) is 74.5 Å². The fourth-order valence-corrected chi connectivity index (χ4v) is 3.83. The second-order valence-electron chi connectivity index (χ2n) is 7.45. The Bertz CT molecular complexity index is 707. The van der Waals surface area contributed by atoms with Gasteiger partial charge in [-0.2, -0.15) is 0 Å². The Hall–Kier alpha value is -1.76. The van der Waals surface area contributed by atoms with Gasteiger partial charge in [0.25, 0.3) is 0 Å². The molecule has 0 spiro atoms. The molecule has 1 fully saturated rings. The summed E-state index contributed by atoms with van der Waals surface area (Å²) in [6.45, 7) is 4.67. The first kappa shape index (κ1) is 21.0. The maximum absolute atomic E-state index is 10.0. The van der Waals surface area contributed by atoms with E-state index in [1.54, 1.807) is 7.11 Å². The number of rotatable bonds is 8. The lowest BCUT2D eigenvalue weighted by atomic mass is 9.81. The van der Waals surface area contributed by atoms with E-state index in [2.05, 4.69) is 0 Å². The zero-order valence-corrected chi connectivity index (χ0v) is 16.8. The normalized spacial score (nSPS) is 30.3.